The first kappa shape index (κ1) is 22.6. The number of carbonyl (C=O) groups is 2. The zero-order valence-electron chi connectivity index (χ0n) is 17.9. The summed E-state index contributed by atoms with van der Waals surface area (Å²) in [6.07, 6.45) is 1.56. The number of aliphatic hydroxyl groups is 1. The van der Waals surface area contributed by atoms with Crippen LogP contribution in [0.2, 0.25) is 5.02 Å². The van der Waals surface area contributed by atoms with E-state index in [1.54, 1.807) is 18.2 Å². The molecule has 0 spiro atoms. The largest absolute Gasteiger partial charge is 0.507 e. The van der Waals surface area contributed by atoms with Crippen molar-refractivity contribution in [2.45, 2.75) is 32.7 Å². The molecule has 1 atom stereocenters. The van der Waals surface area contributed by atoms with Crippen LogP contribution in [0.15, 0.2) is 60.7 Å². The zero-order valence-corrected chi connectivity index (χ0v) is 18.6. The van der Waals surface area contributed by atoms with Gasteiger partial charge in [0.25, 0.3) is 11.7 Å². The van der Waals surface area contributed by atoms with E-state index >= 15 is 0 Å². The van der Waals surface area contributed by atoms with Gasteiger partial charge in [-0.05, 0) is 42.2 Å². The van der Waals surface area contributed by atoms with Gasteiger partial charge in [-0.25, -0.2) is 0 Å². The number of nitrogens with zero attached hydrogens (tertiary/aromatic N) is 1. The first-order valence-electron chi connectivity index (χ1n) is 10.2. The number of rotatable bonds is 7. The summed E-state index contributed by atoms with van der Waals surface area (Å²) in [7, 11) is 0. The van der Waals surface area contributed by atoms with Gasteiger partial charge in [0.2, 0.25) is 0 Å². The molecule has 0 aliphatic carbocycles. The predicted octanol–water partition coefficient (Wildman–Crippen LogP) is 5.47. The molecule has 1 aliphatic rings. The Hall–Kier alpha value is -3.05. The van der Waals surface area contributed by atoms with Crippen molar-refractivity contribution in [2.24, 2.45) is 0 Å². The quantitative estimate of drug-likeness (QED) is 0.269. The summed E-state index contributed by atoms with van der Waals surface area (Å²) < 4.78 is 5.43. The van der Waals surface area contributed by atoms with Crippen LogP contribution >= 0.6 is 11.6 Å². The van der Waals surface area contributed by atoms with Gasteiger partial charge >= 0.3 is 0 Å². The van der Waals surface area contributed by atoms with E-state index < -0.39 is 17.7 Å². The monoisotopic (exact) mass is 439 g/mol. The minimum atomic E-state index is -0.734. The summed E-state index contributed by atoms with van der Waals surface area (Å²) in [4.78, 5) is 27.1. The predicted molar refractivity (Wildman–Crippen MR) is 122 cm³/mol. The lowest BCUT2D eigenvalue weighted by molar-refractivity contribution is -0.139. The van der Waals surface area contributed by atoms with E-state index in [0.29, 0.717) is 28.9 Å². The number of carbonyl (C=O) groups excluding carboxylic acids is 2. The number of ether oxygens (including phenoxy) is 1. The second-order valence-corrected chi connectivity index (χ2v) is 8.05. The second-order valence-electron chi connectivity index (χ2n) is 7.64. The fourth-order valence-electron chi connectivity index (χ4n) is 3.69. The first-order chi connectivity index (χ1) is 14.8. The molecule has 0 radical (unpaired) electrons. The Labute approximate surface area is 187 Å². The highest BCUT2D eigenvalue weighted by Gasteiger charge is 2.45. The van der Waals surface area contributed by atoms with Crippen LogP contribution in [0.4, 0.5) is 0 Å². The van der Waals surface area contributed by atoms with Gasteiger partial charge in [0.15, 0.2) is 0 Å². The summed E-state index contributed by atoms with van der Waals surface area (Å²) in [5, 5.41) is 11.4. The normalized spacial score (nSPS) is 18.0. The molecular weight excluding hydrogens is 414 g/mol. The molecule has 1 amide bonds. The summed E-state index contributed by atoms with van der Waals surface area (Å²) >= 11 is 6.27. The first-order valence-corrected chi connectivity index (χ1v) is 10.6. The van der Waals surface area contributed by atoms with Crippen LogP contribution in [0.3, 0.4) is 0 Å². The number of Topliss-reactive ketones (excluding diaryl/α,β-unsaturated/α-hetero) is 1. The lowest BCUT2D eigenvalue weighted by atomic mass is 9.93. The smallest absolute Gasteiger partial charge is 0.295 e. The van der Waals surface area contributed by atoms with Crippen LogP contribution in [0, 0.1) is 0 Å². The molecule has 2 aromatic carbocycles. The lowest BCUT2D eigenvalue weighted by Crippen LogP contribution is -2.29. The van der Waals surface area contributed by atoms with Crippen LogP contribution in [0.25, 0.3) is 5.76 Å². The topological polar surface area (TPSA) is 66.8 Å². The Bertz CT molecular complexity index is 1040. The number of ketones is 1. The number of hydrogen-bond donors (Lipinski definition) is 1. The highest BCUT2D eigenvalue weighted by molar-refractivity contribution is 6.46. The summed E-state index contributed by atoms with van der Waals surface area (Å²) in [5.41, 5.74) is 2.25. The van der Waals surface area contributed by atoms with Crippen LogP contribution in [0.1, 0.15) is 49.4 Å². The van der Waals surface area contributed by atoms with E-state index in [0.717, 1.165) is 11.1 Å². The van der Waals surface area contributed by atoms with Crippen LogP contribution in [0.5, 0.6) is 5.75 Å². The van der Waals surface area contributed by atoms with E-state index in [2.05, 4.69) is 20.4 Å². The highest BCUT2D eigenvalue weighted by atomic mass is 35.5. The van der Waals surface area contributed by atoms with Crippen molar-refractivity contribution < 1.29 is 19.4 Å². The van der Waals surface area contributed by atoms with Crippen molar-refractivity contribution in [2.75, 3.05) is 13.2 Å². The SMILES string of the molecule is C=CCN1C(=O)C(=O)/C(=C(\O)c2ccc(OCC)c(Cl)c2)C1c1ccc(C(C)C)cc1. The Kier molecular flexibility index (Phi) is 6.86. The van der Waals surface area contributed by atoms with Gasteiger partial charge < -0.3 is 14.7 Å². The fraction of sp³-hybridized carbons (Fsp3) is 0.280. The van der Waals surface area contributed by atoms with Gasteiger partial charge in [0, 0.05) is 12.1 Å². The van der Waals surface area contributed by atoms with E-state index in [1.807, 2.05) is 31.2 Å². The average molecular weight is 440 g/mol. The Balaban J connectivity index is 2.14. The van der Waals surface area contributed by atoms with E-state index in [4.69, 9.17) is 16.3 Å². The molecule has 162 valence electrons. The number of halogens is 1. The van der Waals surface area contributed by atoms with Gasteiger partial charge in [-0.3, -0.25) is 9.59 Å². The Morgan fingerprint density at radius 3 is 2.45 bits per heavy atom. The van der Waals surface area contributed by atoms with Gasteiger partial charge in [-0.1, -0.05) is 55.8 Å². The third kappa shape index (κ3) is 4.37. The molecule has 1 fully saturated rings. The van der Waals surface area contributed by atoms with Crippen LogP contribution in [-0.4, -0.2) is 34.8 Å². The van der Waals surface area contributed by atoms with E-state index in [-0.39, 0.29) is 17.9 Å². The molecule has 2 aromatic rings. The van der Waals surface area contributed by atoms with Gasteiger partial charge in [-0.15, -0.1) is 6.58 Å². The molecule has 1 N–H and O–H groups in total. The number of aliphatic hydroxyl groups excluding tert-OH is 1. The molecule has 1 heterocycles. The Morgan fingerprint density at radius 1 is 1.23 bits per heavy atom. The molecular formula is C25H26ClNO4. The van der Waals surface area contributed by atoms with Crippen molar-refractivity contribution in [3.63, 3.8) is 0 Å². The number of likely N-dealkylation sites (tertiary alicyclic amines) is 1. The molecule has 0 bridgehead atoms. The van der Waals surface area contributed by atoms with Crippen molar-refractivity contribution in [3.8, 4) is 5.75 Å². The highest BCUT2D eigenvalue weighted by Crippen LogP contribution is 2.40. The fourth-order valence-corrected chi connectivity index (χ4v) is 3.93. The van der Waals surface area contributed by atoms with E-state index in [9.17, 15) is 14.7 Å². The molecule has 3 rings (SSSR count). The summed E-state index contributed by atoms with van der Waals surface area (Å²) in [6, 6.07) is 11.8. The molecule has 6 heteroatoms. The molecule has 1 unspecified atom stereocenters. The maximum atomic E-state index is 12.9. The third-order valence-corrected chi connectivity index (χ3v) is 5.59. The minimum absolute atomic E-state index is 0.0318. The molecule has 0 saturated carbocycles. The molecule has 31 heavy (non-hydrogen) atoms. The maximum absolute atomic E-state index is 12.9. The van der Waals surface area contributed by atoms with Gasteiger partial charge in [-0.2, -0.15) is 0 Å². The number of amides is 1. The molecule has 1 saturated heterocycles. The number of benzene rings is 2. The second kappa shape index (κ2) is 9.40. The van der Waals surface area contributed by atoms with E-state index in [1.165, 1.54) is 11.0 Å². The van der Waals surface area contributed by atoms with Crippen molar-refractivity contribution >= 4 is 29.1 Å². The zero-order chi connectivity index (χ0) is 22.7. The summed E-state index contributed by atoms with van der Waals surface area (Å²) in [6.45, 7) is 10.4. The molecule has 1 aliphatic heterocycles. The maximum Gasteiger partial charge on any atom is 0.295 e. The molecule has 0 aromatic heterocycles. The van der Waals surface area contributed by atoms with Crippen molar-refractivity contribution in [3.05, 3.63) is 82.4 Å². The average Bonchev–Trinajstić information content (AvgIpc) is 3.00. The third-order valence-electron chi connectivity index (χ3n) is 5.29. The van der Waals surface area contributed by atoms with Gasteiger partial charge in [0.1, 0.15) is 11.5 Å². The standard InChI is InChI=1S/C25H26ClNO4/c1-5-13-27-22(17-9-7-16(8-10-17)15(3)4)21(24(29)25(27)30)23(28)18-11-12-20(31-6-2)19(26)14-18/h5,7-12,14-15,22,28H,1,6,13H2,2-4H3/b23-21-. The summed E-state index contributed by atoms with van der Waals surface area (Å²) in [5.74, 6) is -0.847. The van der Waals surface area contributed by atoms with Crippen LogP contribution in [-0.2, 0) is 9.59 Å². The van der Waals surface area contributed by atoms with Crippen molar-refractivity contribution in [1.29, 1.82) is 0 Å². The van der Waals surface area contributed by atoms with Gasteiger partial charge in [0.05, 0.1) is 23.2 Å². The van der Waals surface area contributed by atoms with Crippen LogP contribution < -0.4 is 4.74 Å². The number of hydrogen-bond acceptors (Lipinski definition) is 4. The minimum Gasteiger partial charge on any atom is -0.507 e. The van der Waals surface area contributed by atoms with Crippen molar-refractivity contribution in [1.82, 2.24) is 4.90 Å². The lowest BCUT2D eigenvalue weighted by Gasteiger charge is -2.24. The Morgan fingerprint density at radius 2 is 1.90 bits per heavy atom. The molecule has 5 nitrogen and oxygen atoms in total.